The molecule has 0 saturated carbocycles. The maximum Gasteiger partial charge on any atom is 0.124 e. The molecule has 1 atom stereocenters. The summed E-state index contributed by atoms with van der Waals surface area (Å²) in [5.74, 6) is 0.979. The number of hydrogen-bond donors (Lipinski definition) is 1. The van der Waals surface area contributed by atoms with Crippen molar-refractivity contribution in [3.05, 3.63) is 29.8 Å². The number of hydrogen-bond acceptors (Lipinski definition) is 3. The smallest absolute Gasteiger partial charge is 0.124 e. The highest BCUT2D eigenvalue weighted by atomic mass is 16.5. The quantitative estimate of drug-likeness (QED) is 0.841. The van der Waals surface area contributed by atoms with Gasteiger partial charge in [-0.2, -0.15) is 0 Å². The third kappa shape index (κ3) is 4.00. The summed E-state index contributed by atoms with van der Waals surface area (Å²) in [6.45, 7) is 6.78. The molecule has 0 spiro atoms. The molecule has 0 unspecified atom stereocenters. The second kappa shape index (κ2) is 6.76. The van der Waals surface area contributed by atoms with Crippen molar-refractivity contribution >= 4 is 0 Å². The first-order valence-corrected chi connectivity index (χ1v) is 6.82. The van der Waals surface area contributed by atoms with E-state index in [1.54, 1.807) is 0 Å². The minimum absolute atomic E-state index is 0.212. The molecule has 0 bridgehead atoms. The molecule has 1 aliphatic heterocycles. The van der Waals surface area contributed by atoms with Gasteiger partial charge in [0.25, 0.3) is 0 Å². The number of rotatable bonds is 6. The van der Waals surface area contributed by atoms with Crippen molar-refractivity contribution < 1.29 is 9.47 Å². The Kier molecular flexibility index (Phi) is 5.02. The van der Waals surface area contributed by atoms with Gasteiger partial charge in [0.1, 0.15) is 5.75 Å². The van der Waals surface area contributed by atoms with E-state index < -0.39 is 0 Å². The van der Waals surface area contributed by atoms with Gasteiger partial charge in [-0.25, -0.2) is 0 Å². The molecule has 2 rings (SSSR count). The van der Waals surface area contributed by atoms with Crippen LogP contribution in [0, 0.1) is 0 Å². The molecule has 1 N–H and O–H groups in total. The maximum absolute atomic E-state index is 5.80. The molecule has 3 heteroatoms. The summed E-state index contributed by atoms with van der Waals surface area (Å²) in [6, 6.07) is 8.21. The van der Waals surface area contributed by atoms with Crippen LogP contribution in [0.1, 0.15) is 32.3 Å². The van der Waals surface area contributed by atoms with Gasteiger partial charge in [-0.15, -0.1) is 0 Å². The van der Waals surface area contributed by atoms with Crippen LogP contribution in [-0.4, -0.2) is 25.4 Å². The van der Waals surface area contributed by atoms with Crippen molar-refractivity contribution in [2.75, 3.05) is 13.2 Å². The highest BCUT2D eigenvalue weighted by Gasteiger charge is 2.14. The molecule has 0 aromatic heterocycles. The first-order valence-electron chi connectivity index (χ1n) is 6.82. The molecule has 1 saturated heterocycles. The molecule has 3 nitrogen and oxygen atoms in total. The third-order valence-corrected chi connectivity index (χ3v) is 3.05. The standard InChI is InChI=1S/C15H23NO2/c1-12(2)18-15-8-4-3-6-13(15)10-16-11-14-7-5-9-17-14/h3-4,6,8,12,14,16H,5,7,9-11H2,1-2H3/t14-/m0/s1. The topological polar surface area (TPSA) is 30.5 Å². The fourth-order valence-electron chi connectivity index (χ4n) is 2.19. The molecule has 1 aliphatic rings. The molecule has 1 fully saturated rings. The molecule has 0 amide bonds. The fourth-order valence-corrected chi connectivity index (χ4v) is 2.19. The molecular formula is C15H23NO2. The van der Waals surface area contributed by atoms with Crippen molar-refractivity contribution in [2.24, 2.45) is 0 Å². The summed E-state index contributed by atoms with van der Waals surface area (Å²) in [5.41, 5.74) is 1.21. The Morgan fingerprint density at radius 2 is 2.22 bits per heavy atom. The van der Waals surface area contributed by atoms with Crippen LogP contribution in [0.3, 0.4) is 0 Å². The average molecular weight is 249 g/mol. The lowest BCUT2D eigenvalue weighted by Gasteiger charge is -2.15. The molecule has 100 valence electrons. The van der Waals surface area contributed by atoms with Crippen LogP contribution in [0.2, 0.25) is 0 Å². The second-order valence-electron chi connectivity index (χ2n) is 5.04. The zero-order chi connectivity index (χ0) is 12.8. The van der Waals surface area contributed by atoms with E-state index in [1.807, 2.05) is 12.1 Å². The molecule has 1 aromatic carbocycles. The molecule has 0 aliphatic carbocycles. The van der Waals surface area contributed by atoms with Crippen molar-refractivity contribution in [1.82, 2.24) is 5.32 Å². The molecule has 18 heavy (non-hydrogen) atoms. The SMILES string of the molecule is CC(C)Oc1ccccc1CNC[C@@H]1CCCO1. The largest absolute Gasteiger partial charge is 0.491 e. The van der Waals surface area contributed by atoms with Crippen LogP contribution in [0.25, 0.3) is 0 Å². The van der Waals surface area contributed by atoms with E-state index in [0.29, 0.717) is 6.10 Å². The Labute approximate surface area is 109 Å². The van der Waals surface area contributed by atoms with Gasteiger partial charge < -0.3 is 14.8 Å². The molecule has 1 heterocycles. The zero-order valence-corrected chi connectivity index (χ0v) is 11.3. The number of benzene rings is 1. The van der Waals surface area contributed by atoms with Crippen LogP contribution >= 0.6 is 0 Å². The summed E-state index contributed by atoms with van der Waals surface area (Å²) in [4.78, 5) is 0. The Morgan fingerprint density at radius 3 is 2.94 bits per heavy atom. The van der Waals surface area contributed by atoms with E-state index in [2.05, 4.69) is 31.3 Å². The lowest BCUT2D eigenvalue weighted by atomic mass is 10.2. The molecule has 0 radical (unpaired) electrons. The van der Waals surface area contributed by atoms with Gasteiger partial charge in [0.05, 0.1) is 12.2 Å². The number of nitrogens with one attached hydrogen (secondary N) is 1. The lowest BCUT2D eigenvalue weighted by Crippen LogP contribution is -2.26. The highest BCUT2D eigenvalue weighted by Crippen LogP contribution is 2.19. The van der Waals surface area contributed by atoms with Crippen molar-refractivity contribution in [1.29, 1.82) is 0 Å². The van der Waals surface area contributed by atoms with E-state index in [4.69, 9.17) is 9.47 Å². The highest BCUT2D eigenvalue weighted by molar-refractivity contribution is 5.33. The van der Waals surface area contributed by atoms with Crippen molar-refractivity contribution in [3.63, 3.8) is 0 Å². The maximum atomic E-state index is 5.80. The van der Waals surface area contributed by atoms with E-state index in [0.717, 1.165) is 25.4 Å². The van der Waals surface area contributed by atoms with Gasteiger partial charge in [0, 0.05) is 25.3 Å². The summed E-state index contributed by atoms with van der Waals surface area (Å²) >= 11 is 0. The van der Waals surface area contributed by atoms with Crippen LogP contribution in [-0.2, 0) is 11.3 Å². The van der Waals surface area contributed by atoms with Crippen LogP contribution in [0.15, 0.2) is 24.3 Å². The minimum atomic E-state index is 0.212. The zero-order valence-electron chi connectivity index (χ0n) is 11.3. The second-order valence-corrected chi connectivity index (χ2v) is 5.04. The Hall–Kier alpha value is -1.06. The minimum Gasteiger partial charge on any atom is -0.491 e. The monoisotopic (exact) mass is 249 g/mol. The van der Waals surface area contributed by atoms with Crippen molar-refractivity contribution in [3.8, 4) is 5.75 Å². The summed E-state index contributed by atoms with van der Waals surface area (Å²) < 4.78 is 11.4. The van der Waals surface area contributed by atoms with Gasteiger partial charge in [-0.3, -0.25) is 0 Å². The van der Waals surface area contributed by atoms with Crippen LogP contribution < -0.4 is 10.1 Å². The third-order valence-electron chi connectivity index (χ3n) is 3.05. The number of para-hydroxylation sites is 1. The van der Waals surface area contributed by atoms with Gasteiger partial charge in [0.15, 0.2) is 0 Å². The Morgan fingerprint density at radius 1 is 1.39 bits per heavy atom. The van der Waals surface area contributed by atoms with Crippen molar-refractivity contribution in [2.45, 2.75) is 45.4 Å². The van der Waals surface area contributed by atoms with Crippen LogP contribution in [0.4, 0.5) is 0 Å². The lowest BCUT2D eigenvalue weighted by molar-refractivity contribution is 0.110. The predicted molar refractivity (Wildman–Crippen MR) is 72.9 cm³/mol. The summed E-state index contributed by atoms with van der Waals surface area (Å²) in [7, 11) is 0. The van der Waals surface area contributed by atoms with E-state index in [-0.39, 0.29) is 6.10 Å². The summed E-state index contributed by atoms with van der Waals surface area (Å²) in [6.07, 6.45) is 2.98. The van der Waals surface area contributed by atoms with Gasteiger partial charge in [-0.1, -0.05) is 18.2 Å². The predicted octanol–water partition coefficient (Wildman–Crippen LogP) is 2.74. The average Bonchev–Trinajstić information content (AvgIpc) is 2.84. The molecule has 1 aromatic rings. The first-order chi connectivity index (χ1) is 8.75. The van der Waals surface area contributed by atoms with Gasteiger partial charge in [0.2, 0.25) is 0 Å². The van der Waals surface area contributed by atoms with E-state index in [9.17, 15) is 0 Å². The Balaban J connectivity index is 1.83. The molecular weight excluding hydrogens is 226 g/mol. The summed E-state index contributed by atoms with van der Waals surface area (Å²) in [5, 5.41) is 3.45. The van der Waals surface area contributed by atoms with E-state index >= 15 is 0 Å². The first kappa shape index (κ1) is 13.4. The Bertz CT molecular complexity index is 359. The normalized spacial score (nSPS) is 19.4. The van der Waals surface area contributed by atoms with Gasteiger partial charge in [-0.05, 0) is 32.8 Å². The van der Waals surface area contributed by atoms with Crippen LogP contribution in [0.5, 0.6) is 5.75 Å². The van der Waals surface area contributed by atoms with E-state index in [1.165, 1.54) is 18.4 Å². The number of ether oxygens (including phenoxy) is 2. The fraction of sp³-hybridized carbons (Fsp3) is 0.600. The van der Waals surface area contributed by atoms with Gasteiger partial charge >= 0.3 is 0 Å².